The van der Waals surface area contributed by atoms with E-state index in [0.717, 1.165) is 36.9 Å². The number of anilines is 1. The molecule has 6 nitrogen and oxygen atoms in total. The molecule has 0 unspecified atom stereocenters. The zero-order valence-electron chi connectivity index (χ0n) is 12.4. The monoisotopic (exact) mass is 298 g/mol. The van der Waals surface area contributed by atoms with Gasteiger partial charge < -0.3 is 10.0 Å². The third kappa shape index (κ3) is 1.98. The fraction of sp³-hybridized carbons (Fsp3) is 0.438. The standard InChI is InChI=1S/C16H18N4O2/c1-10-2-5-12-13(19(10)16(22)11-3-4-11)6-7-14(15(12)21)20-17-8-9-18-20/h6-11,21H,2-5H2,1H3/t10-/m0/s1. The van der Waals surface area contributed by atoms with E-state index in [1.165, 1.54) is 4.80 Å². The van der Waals surface area contributed by atoms with Crippen molar-refractivity contribution in [2.24, 2.45) is 5.92 Å². The van der Waals surface area contributed by atoms with Crippen molar-refractivity contribution in [2.75, 3.05) is 4.90 Å². The fourth-order valence-electron chi connectivity index (χ4n) is 3.17. The molecular formula is C16H18N4O2. The lowest BCUT2D eigenvalue weighted by Gasteiger charge is -2.36. The maximum atomic E-state index is 12.6. The molecule has 4 rings (SSSR count). The number of carbonyl (C=O) groups is 1. The van der Waals surface area contributed by atoms with Crippen LogP contribution in [0.3, 0.4) is 0 Å². The molecule has 0 spiro atoms. The van der Waals surface area contributed by atoms with Gasteiger partial charge in [-0.25, -0.2) is 0 Å². The summed E-state index contributed by atoms with van der Waals surface area (Å²) in [5.41, 5.74) is 2.21. The van der Waals surface area contributed by atoms with Crippen LogP contribution in [0.2, 0.25) is 0 Å². The molecular weight excluding hydrogens is 280 g/mol. The zero-order chi connectivity index (χ0) is 15.3. The summed E-state index contributed by atoms with van der Waals surface area (Å²) in [6.45, 7) is 2.07. The van der Waals surface area contributed by atoms with Crippen molar-refractivity contribution in [3.63, 3.8) is 0 Å². The lowest BCUT2D eigenvalue weighted by atomic mass is 9.94. The first-order chi connectivity index (χ1) is 10.7. The van der Waals surface area contributed by atoms with Crippen molar-refractivity contribution >= 4 is 11.6 Å². The molecule has 1 saturated carbocycles. The number of benzene rings is 1. The van der Waals surface area contributed by atoms with Gasteiger partial charge in [0.25, 0.3) is 0 Å². The van der Waals surface area contributed by atoms with Gasteiger partial charge in [-0.05, 0) is 44.7 Å². The van der Waals surface area contributed by atoms with Crippen molar-refractivity contribution in [3.05, 3.63) is 30.1 Å². The molecule has 0 saturated heterocycles. The highest BCUT2D eigenvalue weighted by molar-refractivity contribution is 5.98. The largest absolute Gasteiger partial charge is 0.505 e. The molecule has 1 aliphatic carbocycles. The molecule has 6 heteroatoms. The number of hydrogen-bond donors (Lipinski definition) is 1. The Labute approximate surface area is 128 Å². The molecule has 2 aromatic rings. The van der Waals surface area contributed by atoms with Crippen LogP contribution >= 0.6 is 0 Å². The first-order valence-corrected chi connectivity index (χ1v) is 7.71. The minimum atomic E-state index is 0.169. The molecule has 1 aromatic heterocycles. The molecule has 0 radical (unpaired) electrons. The summed E-state index contributed by atoms with van der Waals surface area (Å²) in [7, 11) is 0. The molecule has 2 aliphatic rings. The summed E-state index contributed by atoms with van der Waals surface area (Å²) >= 11 is 0. The second kappa shape index (κ2) is 4.83. The van der Waals surface area contributed by atoms with Crippen LogP contribution in [0, 0.1) is 5.92 Å². The summed E-state index contributed by atoms with van der Waals surface area (Å²) < 4.78 is 0. The van der Waals surface area contributed by atoms with E-state index < -0.39 is 0 Å². The Morgan fingerprint density at radius 3 is 2.55 bits per heavy atom. The molecule has 0 bridgehead atoms. The summed E-state index contributed by atoms with van der Waals surface area (Å²) in [5.74, 6) is 0.537. The highest BCUT2D eigenvalue weighted by Gasteiger charge is 2.39. The number of phenols is 1. The Bertz CT molecular complexity index is 722. The highest BCUT2D eigenvalue weighted by Crippen LogP contribution is 2.42. The summed E-state index contributed by atoms with van der Waals surface area (Å²) in [4.78, 5) is 15.8. The van der Waals surface area contributed by atoms with Gasteiger partial charge in [0.1, 0.15) is 11.4 Å². The molecule has 22 heavy (non-hydrogen) atoms. The van der Waals surface area contributed by atoms with Crippen LogP contribution in [0.1, 0.15) is 31.7 Å². The lowest BCUT2D eigenvalue weighted by molar-refractivity contribution is -0.120. The Kier molecular flexibility index (Phi) is 2.92. The van der Waals surface area contributed by atoms with Gasteiger partial charge in [-0.3, -0.25) is 4.79 Å². The van der Waals surface area contributed by atoms with Crippen LogP contribution < -0.4 is 4.90 Å². The maximum Gasteiger partial charge on any atom is 0.230 e. The van der Waals surface area contributed by atoms with Gasteiger partial charge in [0.05, 0.1) is 18.1 Å². The van der Waals surface area contributed by atoms with Gasteiger partial charge >= 0.3 is 0 Å². The second-order valence-corrected chi connectivity index (χ2v) is 6.12. The topological polar surface area (TPSA) is 71.2 Å². The molecule has 114 valence electrons. The SMILES string of the molecule is C[C@H]1CCc2c(ccc(-n3nccn3)c2O)N1C(=O)C1CC1. The van der Waals surface area contributed by atoms with E-state index in [9.17, 15) is 9.90 Å². The van der Waals surface area contributed by atoms with E-state index in [0.29, 0.717) is 5.69 Å². The zero-order valence-corrected chi connectivity index (χ0v) is 12.4. The number of amides is 1. The third-order valence-corrected chi connectivity index (χ3v) is 4.55. The smallest absolute Gasteiger partial charge is 0.230 e. The Morgan fingerprint density at radius 1 is 1.18 bits per heavy atom. The predicted octanol–water partition coefficient (Wildman–Crippen LogP) is 2.05. The quantitative estimate of drug-likeness (QED) is 0.921. The van der Waals surface area contributed by atoms with Crippen molar-refractivity contribution in [1.82, 2.24) is 15.0 Å². The van der Waals surface area contributed by atoms with Crippen LogP contribution in [0.15, 0.2) is 24.5 Å². The number of aromatic hydroxyl groups is 1. The van der Waals surface area contributed by atoms with Gasteiger partial charge in [0.2, 0.25) is 5.91 Å². The van der Waals surface area contributed by atoms with Crippen molar-refractivity contribution in [2.45, 2.75) is 38.6 Å². The van der Waals surface area contributed by atoms with E-state index >= 15 is 0 Å². The average molecular weight is 298 g/mol. The van der Waals surface area contributed by atoms with Crippen LogP contribution in [0.5, 0.6) is 5.75 Å². The molecule has 1 aliphatic heterocycles. The molecule has 2 heterocycles. The Hall–Kier alpha value is -2.37. The van der Waals surface area contributed by atoms with Crippen molar-refractivity contribution in [3.8, 4) is 11.4 Å². The first-order valence-electron chi connectivity index (χ1n) is 7.71. The maximum absolute atomic E-state index is 12.6. The Morgan fingerprint density at radius 2 is 1.86 bits per heavy atom. The molecule has 1 amide bonds. The van der Waals surface area contributed by atoms with Gasteiger partial charge in [0, 0.05) is 17.5 Å². The number of hydrogen-bond acceptors (Lipinski definition) is 4. The number of phenolic OH excluding ortho intramolecular Hbond substituents is 1. The molecule has 1 N–H and O–H groups in total. The first kappa shape index (κ1) is 13.3. The number of nitrogens with zero attached hydrogens (tertiary/aromatic N) is 4. The predicted molar refractivity (Wildman–Crippen MR) is 81.0 cm³/mol. The van der Waals surface area contributed by atoms with E-state index in [-0.39, 0.29) is 23.6 Å². The van der Waals surface area contributed by atoms with Crippen LogP contribution in [0.25, 0.3) is 5.69 Å². The average Bonchev–Trinajstić information content (AvgIpc) is 3.23. The molecule has 1 atom stereocenters. The van der Waals surface area contributed by atoms with Gasteiger partial charge in [-0.2, -0.15) is 10.2 Å². The molecule has 1 fully saturated rings. The van der Waals surface area contributed by atoms with Crippen molar-refractivity contribution < 1.29 is 9.90 Å². The summed E-state index contributed by atoms with van der Waals surface area (Å²) in [5, 5.41) is 18.7. The summed E-state index contributed by atoms with van der Waals surface area (Å²) in [6, 6.07) is 3.86. The van der Waals surface area contributed by atoms with E-state index in [2.05, 4.69) is 17.1 Å². The van der Waals surface area contributed by atoms with E-state index in [1.807, 2.05) is 11.0 Å². The second-order valence-electron chi connectivity index (χ2n) is 6.12. The minimum Gasteiger partial charge on any atom is -0.505 e. The normalized spacial score (nSPS) is 20.8. The fourth-order valence-corrected chi connectivity index (χ4v) is 3.17. The van der Waals surface area contributed by atoms with Gasteiger partial charge in [0.15, 0.2) is 0 Å². The number of aromatic nitrogens is 3. The Balaban J connectivity index is 1.80. The molecule has 1 aromatic carbocycles. The lowest BCUT2D eigenvalue weighted by Crippen LogP contribution is -2.43. The van der Waals surface area contributed by atoms with Crippen LogP contribution in [-0.4, -0.2) is 32.0 Å². The van der Waals surface area contributed by atoms with Crippen LogP contribution in [-0.2, 0) is 11.2 Å². The number of carbonyl (C=O) groups excluding carboxylic acids is 1. The van der Waals surface area contributed by atoms with E-state index in [4.69, 9.17) is 0 Å². The highest BCUT2D eigenvalue weighted by atomic mass is 16.3. The minimum absolute atomic E-state index is 0.169. The van der Waals surface area contributed by atoms with Crippen molar-refractivity contribution in [1.29, 1.82) is 0 Å². The number of fused-ring (bicyclic) bond motifs is 1. The van der Waals surface area contributed by atoms with Gasteiger partial charge in [-0.15, -0.1) is 4.80 Å². The van der Waals surface area contributed by atoms with Gasteiger partial charge in [-0.1, -0.05) is 0 Å². The summed E-state index contributed by atoms with van der Waals surface area (Å²) in [6.07, 6.45) is 6.73. The van der Waals surface area contributed by atoms with E-state index in [1.54, 1.807) is 18.5 Å². The van der Waals surface area contributed by atoms with Crippen LogP contribution in [0.4, 0.5) is 5.69 Å². The third-order valence-electron chi connectivity index (χ3n) is 4.55. The number of rotatable bonds is 2.